The summed E-state index contributed by atoms with van der Waals surface area (Å²) in [6.45, 7) is 0.695. The molecule has 1 aliphatic rings. The van der Waals surface area contributed by atoms with Gasteiger partial charge in [-0.05, 0) is 30.9 Å². The molecule has 0 unspecified atom stereocenters. The highest BCUT2D eigenvalue weighted by molar-refractivity contribution is 5.89. The van der Waals surface area contributed by atoms with E-state index in [0.29, 0.717) is 23.8 Å². The predicted octanol–water partition coefficient (Wildman–Crippen LogP) is 2.77. The van der Waals surface area contributed by atoms with Gasteiger partial charge >= 0.3 is 0 Å². The molecule has 0 atom stereocenters. The van der Waals surface area contributed by atoms with Gasteiger partial charge in [-0.3, -0.25) is 0 Å². The van der Waals surface area contributed by atoms with Crippen LogP contribution in [0.4, 0.5) is 14.6 Å². The molecule has 4 nitrogen and oxygen atoms in total. The molecule has 0 bridgehead atoms. The molecule has 6 heteroatoms. The van der Waals surface area contributed by atoms with E-state index in [1.54, 1.807) is 12.1 Å². The van der Waals surface area contributed by atoms with Crippen LogP contribution in [0, 0.1) is 5.92 Å². The van der Waals surface area contributed by atoms with Gasteiger partial charge in [-0.1, -0.05) is 12.1 Å². The normalized spacial score (nSPS) is 21.6. The molecule has 0 aliphatic heterocycles. The van der Waals surface area contributed by atoms with Crippen molar-refractivity contribution < 1.29 is 13.9 Å². The van der Waals surface area contributed by atoms with E-state index >= 15 is 0 Å². The van der Waals surface area contributed by atoms with Crippen molar-refractivity contribution in [2.45, 2.75) is 25.4 Å². The zero-order valence-electron chi connectivity index (χ0n) is 11.7. The lowest BCUT2D eigenvalue weighted by Crippen LogP contribution is -2.37. The average Bonchev–Trinajstić information content (AvgIpc) is 2.44. The maximum atomic E-state index is 13.0. The molecular weight excluding hydrogens is 276 g/mol. The Morgan fingerprint density at radius 3 is 2.67 bits per heavy atom. The molecule has 1 aliphatic carbocycles. The lowest BCUT2D eigenvalue weighted by Gasteiger charge is -2.35. The van der Waals surface area contributed by atoms with Crippen LogP contribution in [-0.4, -0.2) is 34.8 Å². The SMILES string of the molecule is CN(CC1CC(O)C1)c1nc(C(F)F)nc2ccccc12. The Morgan fingerprint density at radius 2 is 2.00 bits per heavy atom. The van der Waals surface area contributed by atoms with Gasteiger partial charge in [0.15, 0.2) is 5.82 Å². The van der Waals surface area contributed by atoms with Crippen LogP contribution in [0.2, 0.25) is 0 Å². The fourth-order valence-corrected chi connectivity index (χ4v) is 2.79. The first-order chi connectivity index (χ1) is 10.0. The third kappa shape index (κ3) is 2.81. The summed E-state index contributed by atoms with van der Waals surface area (Å²) in [5.74, 6) is 0.468. The molecule has 0 radical (unpaired) electrons. The number of aromatic nitrogens is 2. The molecule has 3 rings (SSSR count). The Kier molecular flexibility index (Phi) is 3.71. The summed E-state index contributed by atoms with van der Waals surface area (Å²) in [6, 6.07) is 7.17. The second-order valence-electron chi connectivity index (χ2n) is 5.60. The number of nitrogens with zero attached hydrogens (tertiary/aromatic N) is 3. The molecule has 1 saturated carbocycles. The first kappa shape index (κ1) is 14.1. The Balaban J connectivity index is 1.95. The van der Waals surface area contributed by atoms with Gasteiger partial charge in [-0.2, -0.15) is 0 Å². The van der Waals surface area contributed by atoms with E-state index in [-0.39, 0.29) is 6.10 Å². The topological polar surface area (TPSA) is 49.2 Å². The van der Waals surface area contributed by atoms with Crippen molar-refractivity contribution in [3.05, 3.63) is 30.1 Å². The van der Waals surface area contributed by atoms with Crippen LogP contribution >= 0.6 is 0 Å². The molecule has 1 aromatic carbocycles. The summed E-state index contributed by atoms with van der Waals surface area (Å²) in [7, 11) is 1.84. The number of anilines is 1. The van der Waals surface area contributed by atoms with E-state index in [1.807, 2.05) is 24.1 Å². The van der Waals surface area contributed by atoms with Crippen molar-refractivity contribution >= 4 is 16.7 Å². The Bertz CT molecular complexity index is 644. The number of para-hydroxylation sites is 1. The third-order valence-electron chi connectivity index (χ3n) is 3.90. The number of hydrogen-bond acceptors (Lipinski definition) is 4. The first-order valence-corrected chi connectivity index (χ1v) is 6.98. The molecule has 0 spiro atoms. The summed E-state index contributed by atoms with van der Waals surface area (Å²) in [5.41, 5.74) is 0.526. The predicted molar refractivity (Wildman–Crippen MR) is 76.5 cm³/mol. The van der Waals surface area contributed by atoms with Crippen LogP contribution in [0.5, 0.6) is 0 Å². The first-order valence-electron chi connectivity index (χ1n) is 6.98. The van der Waals surface area contributed by atoms with Crippen LogP contribution in [0.25, 0.3) is 10.9 Å². The van der Waals surface area contributed by atoms with Gasteiger partial charge in [0.1, 0.15) is 5.82 Å². The number of aliphatic hydroxyl groups is 1. The van der Waals surface area contributed by atoms with E-state index in [0.717, 1.165) is 18.2 Å². The lowest BCUT2D eigenvalue weighted by atomic mass is 9.82. The minimum absolute atomic E-state index is 0.220. The molecule has 2 aromatic rings. The van der Waals surface area contributed by atoms with Crippen LogP contribution in [-0.2, 0) is 0 Å². The van der Waals surface area contributed by atoms with Crippen LogP contribution in [0.3, 0.4) is 0 Å². The van der Waals surface area contributed by atoms with Gasteiger partial charge in [0, 0.05) is 19.0 Å². The molecule has 0 amide bonds. The van der Waals surface area contributed by atoms with Crippen molar-refractivity contribution in [2.24, 2.45) is 5.92 Å². The fourth-order valence-electron chi connectivity index (χ4n) is 2.79. The van der Waals surface area contributed by atoms with Gasteiger partial charge in [-0.15, -0.1) is 0 Å². The highest BCUT2D eigenvalue weighted by Crippen LogP contribution is 2.31. The van der Waals surface area contributed by atoms with Gasteiger partial charge in [0.25, 0.3) is 6.43 Å². The zero-order chi connectivity index (χ0) is 15.0. The minimum Gasteiger partial charge on any atom is -0.393 e. The zero-order valence-corrected chi connectivity index (χ0v) is 11.7. The van der Waals surface area contributed by atoms with Crippen molar-refractivity contribution in [3.8, 4) is 0 Å². The van der Waals surface area contributed by atoms with Crippen molar-refractivity contribution in [3.63, 3.8) is 0 Å². The summed E-state index contributed by atoms with van der Waals surface area (Å²) in [6.07, 6.45) is -1.39. The Labute approximate surface area is 121 Å². The van der Waals surface area contributed by atoms with E-state index in [4.69, 9.17) is 0 Å². The highest BCUT2D eigenvalue weighted by Gasteiger charge is 2.29. The van der Waals surface area contributed by atoms with Gasteiger partial charge in [-0.25, -0.2) is 18.7 Å². The second-order valence-corrected chi connectivity index (χ2v) is 5.60. The second kappa shape index (κ2) is 5.52. The molecule has 21 heavy (non-hydrogen) atoms. The van der Waals surface area contributed by atoms with Crippen molar-refractivity contribution in [1.29, 1.82) is 0 Å². The monoisotopic (exact) mass is 293 g/mol. The molecular formula is C15H17F2N3O. The Hall–Kier alpha value is -1.82. The molecule has 112 valence electrons. The maximum absolute atomic E-state index is 13.0. The van der Waals surface area contributed by atoms with E-state index in [9.17, 15) is 13.9 Å². The highest BCUT2D eigenvalue weighted by atomic mass is 19.3. The largest absolute Gasteiger partial charge is 0.393 e. The van der Waals surface area contributed by atoms with Crippen LogP contribution < -0.4 is 4.90 Å². The van der Waals surface area contributed by atoms with Gasteiger partial charge in [0.05, 0.1) is 11.6 Å². The lowest BCUT2D eigenvalue weighted by molar-refractivity contribution is 0.0464. The number of aliphatic hydroxyl groups excluding tert-OH is 1. The number of benzene rings is 1. The molecule has 1 fully saturated rings. The number of hydrogen-bond donors (Lipinski definition) is 1. The molecule has 1 heterocycles. The number of halogens is 2. The summed E-state index contributed by atoms with van der Waals surface area (Å²) < 4.78 is 25.9. The molecule has 1 aromatic heterocycles. The van der Waals surface area contributed by atoms with Gasteiger partial charge < -0.3 is 10.0 Å². The van der Waals surface area contributed by atoms with E-state index in [1.165, 1.54) is 0 Å². The maximum Gasteiger partial charge on any atom is 0.297 e. The summed E-state index contributed by atoms with van der Waals surface area (Å²) >= 11 is 0. The smallest absolute Gasteiger partial charge is 0.297 e. The summed E-state index contributed by atoms with van der Waals surface area (Å²) in [5, 5.41) is 10.1. The van der Waals surface area contributed by atoms with Crippen molar-refractivity contribution in [1.82, 2.24) is 9.97 Å². The van der Waals surface area contributed by atoms with Crippen LogP contribution in [0.1, 0.15) is 25.1 Å². The molecule has 1 N–H and O–H groups in total. The van der Waals surface area contributed by atoms with E-state index < -0.39 is 12.2 Å². The van der Waals surface area contributed by atoms with Crippen LogP contribution in [0.15, 0.2) is 24.3 Å². The summed E-state index contributed by atoms with van der Waals surface area (Å²) in [4.78, 5) is 9.83. The third-order valence-corrected chi connectivity index (χ3v) is 3.90. The Morgan fingerprint density at radius 1 is 1.29 bits per heavy atom. The average molecular weight is 293 g/mol. The quantitative estimate of drug-likeness (QED) is 0.941. The fraction of sp³-hybridized carbons (Fsp3) is 0.467. The standard InChI is InChI=1S/C15H17F2N3O/c1-20(8-9-6-10(21)7-9)15-11-4-2-3-5-12(11)18-14(19-15)13(16)17/h2-5,9-10,13,21H,6-8H2,1H3. The van der Waals surface area contributed by atoms with Crippen molar-refractivity contribution in [2.75, 3.05) is 18.5 Å². The minimum atomic E-state index is -2.69. The number of alkyl halides is 2. The number of rotatable bonds is 4. The molecule has 0 saturated heterocycles. The number of fused-ring (bicyclic) bond motifs is 1. The van der Waals surface area contributed by atoms with E-state index in [2.05, 4.69) is 9.97 Å². The van der Waals surface area contributed by atoms with Gasteiger partial charge in [0.2, 0.25) is 0 Å².